The van der Waals surface area contributed by atoms with Crippen molar-refractivity contribution in [1.29, 1.82) is 0 Å². The average Bonchev–Trinajstić information content (AvgIpc) is 2.87. The minimum absolute atomic E-state index is 0.124. The summed E-state index contributed by atoms with van der Waals surface area (Å²) in [6, 6.07) is 8.97. The molecule has 22 heavy (non-hydrogen) atoms. The van der Waals surface area contributed by atoms with E-state index in [1.54, 1.807) is 11.1 Å². The summed E-state index contributed by atoms with van der Waals surface area (Å²) >= 11 is 0. The first-order chi connectivity index (χ1) is 10.5. The number of hydrogen-bond acceptors (Lipinski definition) is 2. The number of rotatable bonds is 3. The van der Waals surface area contributed by atoms with Gasteiger partial charge in [0.1, 0.15) is 5.60 Å². The van der Waals surface area contributed by atoms with Crippen LogP contribution < -0.4 is 0 Å². The number of benzene rings is 1. The highest BCUT2D eigenvalue weighted by Gasteiger charge is 2.65. The lowest BCUT2D eigenvalue weighted by Crippen LogP contribution is -2.23. The Hall–Kier alpha value is -1.57. The van der Waals surface area contributed by atoms with Crippen molar-refractivity contribution in [2.75, 3.05) is 0 Å². The Morgan fingerprint density at radius 3 is 2.32 bits per heavy atom. The molecule has 0 saturated heterocycles. The van der Waals surface area contributed by atoms with Gasteiger partial charge in [0.25, 0.3) is 0 Å². The van der Waals surface area contributed by atoms with Gasteiger partial charge in [-0.25, -0.2) is 0 Å². The monoisotopic (exact) mass is 296 g/mol. The van der Waals surface area contributed by atoms with Crippen LogP contribution in [0.15, 0.2) is 36.4 Å². The molecule has 0 spiro atoms. The zero-order valence-corrected chi connectivity index (χ0v) is 13.6. The lowest BCUT2D eigenvalue weighted by molar-refractivity contribution is -0.153. The van der Waals surface area contributed by atoms with Crippen LogP contribution in [0.3, 0.4) is 0 Å². The average molecular weight is 296 g/mol. The molecule has 2 saturated carbocycles. The van der Waals surface area contributed by atoms with E-state index in [0.717, 1.165) is 23.7 Å². The molecular weight excluding hydrogens is 272 g/mol. The molecule has 116 valence electrons. The van der Waals surface area contributed by atoms with Crippen LogP contribution in [0.2, 0.25) is 0 Å². The number of allylic oxidation sites excluding steroid dienone is 1. The molecular formula is C20H24O2. The number of esters is 1. The summed E-state index contributed by atoms with van der Waals surface area (Å²) in [6.07, 6.45) is 6.06. The Balaban J connectivity index is 1.37. The highest BCUT2D eigenvalue weighted by molar-refractivity contribution is 5.71. The number of carbonyl (C=O) groups is 1. The molecule has 4 rings (SSSR count). The maximum Gasteiger partial charge on any atom is 0.310 e. The third-order valence-corrected chi connectivity index (χ3v) is 5.49. The van der Waals surface area contributed by atoms with Crippen molar-refractivity contribution >= 4 is 5.97 Å². The molecule has 1 aromatic carbocycles. The van der Waals surface area contributed by atoms with Crippen molar-refractivity contribution < 1.29 is 9.53 Å². The summed E-state index contributed by atoms with van der Waals surface area (Å²) in [4.78, 5) is 11.8. The number of ether oxygens (including phenoxy) is 1. The van der Waals surface area contributed by atoms with Gasteiger partial charge in [-0.1, -0.05) is 36.4 Å². The molecule has 0 radical (unpaired) electrons. The molecule has 2 heteroatoms. The number of carbonyl (C=O) groups excluding carboxylic acids is 1. The zero-order valence-electron chi connectivity index (χ0n) is 13.6. The topological polar surface area (TPSA) is 26.3 Å². The number of fused-ring (bicyclic) bond motifs is 8. The van der Waals surface area contributed by atoms with Gasteiger partial charge in [-0.3, -0.25) is 4.79 Å². The lowest BCUT2D eigenvalue weighted by Gasteiger charge is -2.18. The van der Waals surface area contributed by atoms with E-state index in [4.69, 9.17) is 4.74 Å². The standard InChI is InChI=1S/C20H24O2/c1-20(2,3)22-17(21)10-6-9-14-18-15-11-16(19(14)18)13-8-5-4-7-12(13)15/h4-9,14-16,18-19H,10-11H2,1-3H3/b9-6-/t14?,15-,16+,18-,19+. The molecule has 1 aromatic rings. The molecule has 0 aromatic heterocycles. The second-order valence-electron chi connectivity index (χ2n) is 8.03. The maximum absolute atomic E-state index is 11.8. The quantitative estimate of drug-likeness (QED) is 0.609. The fourth-order valence-corrected chi connectivity index (χ4v) is 4.86. The van der Waals surface area contributed by atoms with E-state index in [9.17, 15) is 4.79 Å². The molecule has 0 N–H and O–H groups in total. The van der Waals surface area contributed by atoms with Crippen LogP contribution in [0, 0.1) is 17.8 Å². The molecule has 5 atom stereocenters. The van der Waals surface area contributed by atoms with Crippen molar-refractivity contribution in [1.82, 2.24) is 0 Å². The van der Waals surface area contributed by atoms with Crippen LogP contribution in [0.1, 0.15) is 56.6 Å². The van der Waals surface area contributed by atoms with Crippen molar-refractivity contribution in [2.45, 2.75) is 51.0 Å². The van der Waals surface area contributed by atoms with Gasteiger partial charge in [0.05, 0.1) is 6.42 Å². The largest absolute Gasteiger partial charge is 0.460 e. The summed E-state index contributed by atoms with van der Waals surface area (Å²) in [5.41, 5.74) is 2.80. The molecule has 0 aliphatic heterocycles. The van der Waals surface area contributed by atoms with Gasteiger partial charge in [-0.2, -0.15) is 0 Å². The van der Waals surface area contributed by atoms with Crippen LogP contribution in [0.4, 0.5) is 0 Å². The van der Waals surface area contributed by atoms with E-state index < -0.39 is 0 Å². The normalized spacial score (nSPS) is 34.6. The van der Waals surface area contributed by atoms with Gasteiger partial charge in [0.15, 0.2) is 0 Å². The first-order valence-corrected chi connectivity index (χ1v) is 8.43. The van der Waals surface area contributed by atoms with E-state index >= 15 is 0 Å². The van der Waals surface area contributed by atoms with Gasteiger partial charge in [0.2, 0.25) is 0 Å². The molecule has 2 bridgehead atoms. The van der Waals surface area contributed by atoms with Crippen molar-refractivity contribution in [3.63, 3.8) is 0 Å². The third kappa shape index (κ3) is 2.20. The summed E-state index contributed by atoms with van der Waals surface area (Å²) in [7, 11) is 0. The molecule has 2 fully saturated rings. The van der Waals surface area contributed by atoms with Gasteiger partial charge in [-0.05, 0) is 67.9 Å². The summed E-state index contributed by atoms with van der Waals surface area (Å²) in [5, 5.41) is 0. The first kappa shape index (κ1) is 14.0. The summed E-state index contributed by atoms with van der Waals surface area (Å²) in [5.74, 6) is 3.74. The van der Waals surface area contributed by atoms with Crippen molar-refractivity contribution in [3.05, 3.63) is 47.5 Å². The molecule has 2 nitrogen and oxygen atoms in total. The van der Waals surface area contributed by atoms with Crippen molar-refractivity contribution in [2.24, 2.45) is 17.8 Å². The molecule has 1 unspecified atom stereocenters. The lowest BCUT2D eigenvalue weighted by atomic mass is 9.92. The maximum atomic E-state index is 11.8. The molecule has 0 amide bonds. The Labute approximate surface area is 132 Å². The van der Waals surface area contributed by atoms with E-state index in [1.165, 1.54) is 6.42 Å². The second kappa shape index (κ2) is 4.71. The second-order valence-corrected chi connectivity index (χ2v) is 8.03. The Morgan fingerprint density at radius 2 is 1.77 bits per heavy atom. The highest BCUT2D eigenvalue weighted by Crippen LogP contribution is 2.74. The van der Waals surface area contributed by atoms with Crippen LogP contribution in [0.25, 0.3) is 0 Å². The van der Waals surface area contributed by atoms with Crippen LogP contribution in [0.5, 0.6) is 0 Å². The molecule has 3 aliphatic rings. The number of hydrogen-bond donors (Lipinski definition) is 0. The van der Waals surface area contributed by atoms with Gasteiger partial charge in [-0.15, -0.1) is 0 Å². The van der Waals surface area contributed by atoms with Crippen LogP contribution in [-0.4, -0.2) is 11.6 Å². The Bertz CT molecular complexity index is 602. The third-order valence-electron chi connectivity index (χ3n) is 5.49. The van der Waals surface area contributed by atoms with Crippen LogP contribution in [-0.2, 0) is 9.53 Å². The zero-order chi connectivity index (χ0) is 15.5. The van der Waals surface area contributed by atoms with E-state index in [1.807, 2.05) is 26.8 Å². The highest BCUT2D eigenvalue weighted by atomic mass is 16.6. The first-order valence-electron chi connectivity index (χ1n) is 8.43. The Kier molecular flexibility index (Phi) is 3.01. The van der Waals surface area contributed by atoms with Gasteiger partial charge >= 0.3 is 5.97 Å². The van der Waals surface area contributed by atoms with Crippen molar-refractivity contribution in [3.8, 4) is 0 Å². The van der Waals surface area contributed by atoms with Gasteiger partial charge in [0, 0.05) is 0 Å². The molecule has 3 aliphatic carbocycles. The summed E-state index contributed by atoms with van der Waals surface area (Å²) < 4.78 is 5.35. The van der Waals surface area contributed by atoms with E-state index in [0.29, 0.717) is 12.3 Å². The Morgan fingerprint density at radius 1 is 1.18 bits per heavy atom. The predicted octanol–water partition coefficient (Wildman–Crippen LogP) is 4.42. The van der Waals surface area contributed by atoms with Crippen LogP contribution >= 0.6 is 0 Å². The van der Waals surface area contributed by atoms with E-state index in [-0.39, 0.29) is 11.6 Å². The van der Waals surface area contributed by atoms with Gasteiger partial charge < -0.3 is 4.74 Å². The predicted molar refractivity (Wildman–Crippen MR) is 86.6 cm³/mol. The molecule has 0 heterocycles. The summed E-state index contributed by atoms with van der Waals surface area (Å²) in [6.45, 7) is 5.73. The fraction of sp³-hybridized carbons (Fsp3) is 0.550. The smallest absolute Gasteiger partial charge is 0.310 e. The fourth-order valence-electron chi connectivity index (χ4n) is 4.86. The minimum atomic E-state index is -0.387. The minimum Gasteiger partial charge on any atom is -0.460 e. The van der Waals surface area contributed by atoms with E-state index in [2.05, 4.69) is 30.3 Å². The SMILES string of the molecule is CC(C)(C)OC(=O)C/C=C\C1[C@@H]2[C@H]1[C@@H]1C[C@H]2c2ccccc21.